The lowest BCUT2D eigenvalue weighted by atomic mass is 11.1. The van der Waals surface area contributed by atoms with Crippen molar-refractivity contribution in [1.82, 2.24) is 0 Å². The monoisotopic (exact) mass is 169 g/mol. The Labute approximate surface area is 39.0 Å². The summed E-state index contributed by atoms with van der Waals surface area (Å²) in [6.07, 6.45) is 1.49. The Morgan fingerprint density at radius 3 is 2.00 bits per heavy atom. The molecule has 0 aromatic carbocycles. The highest BCUT2D eigenvalue weighted by atomic mass is 127. The zero-order valence-electron chi connectivity index (χ0n) is 2.11. The van der Waals surface area contributed by atoms with E-state index in [1.165, 1.54) is 6.20 Å². The fraction of sp³-hybridized carbons (Fsp3) is 0. The Balaban J connectivity index is 2.55. The van der Waals surface area contributed by atoms with Crippen LogP contribution in [0.3, 0.4) is 0 Å². The van der Waals surface area contributed by atoms with Gasteiger partial charge in [0.2, 0.25) is 0 Å². The highest BCUT2D eigenvalue weighted by Gasteiger charge is 1.35. The van der Waals surface area contributed by atoms with Crippen molar-refractivity contribution in [3.8, 4) is 0 Å². The van der Waals surface area contributed by atoms with Crippen LogP contribution in [-0.2, 0) is 0 Å². The van der Waals surface area contributed by atoms with Crippen molar-refractivity contribution in [2.24, 2.45) is 5.73 Å². The first-order chi connectivity index (χ1) is 1.91. The van der Waals surface area contributed by atoms with Crippen LogP contribution >= 0.6 is 22.6 Å². The van der Waals surface area contributed by atoms with E-state index in [-0.39, 0.29) is 0 Å². The molecule has 0 amide bonds. The van der Waals surface area contributed by atoms with E-state index in [9.17, 15) is 0 Å². The number of rotatable bonds is 0. The molecule has 0 bridgehead atoms. The van der Waals surface area contributed by atoms with Crippen molar-refractivity contribution < 1.29 is 0 Å². The average Bonchev–Trinajstić information content (AvgIpc) is 1.37. The highest BCUT2D eigenvalue weighted by molar-refractivity contribution is 14.1. The molecule has 2 N–H and O–H groups in total. The number of hydrogen-bond acceptors (Lipinski definition) is 1. The zero-order valence-corrected chi connectivity index (χ0v) is 4.27. The molecule has 0 spiro atoms. The third-order valence-electron chi connectivity index (χ3n) is 0.0727. The smallest absolute Gasteiger partial charge is 0.0000682 e. The molecule has 0 unspecified atom stereocenters. The first-order valence-corrected chi connectivity index (χ1v) is 2.13. The lowest BCUT2D eigenvalue weighted by Crippen LogP contribution is -1.69. The maximum absolute atomic E-state index is 4.84. The second-order valence-corrected chi connectivity index (χ2v) is 1.04. The van der Waals surface area contributed by atoms with Crippen LogP contribution in [-0.4, -0.2) is 0 Å². The van der Waals surface area contributed by atoms with Gasteiger partial charge < -0.3 is 5.73 Å². The molecule has 0 saturated heterocycles. The van der Waals surface area contributed by atoms with Gasteiger partial charge in [-0.1, -0.05) is 22.6 Å². The lowest BCUT2D eigenvalue weighted by molar-refractivity contribution is 1.64. The topological polar surface area (TPSA) is 26.0 Å². The van der Waals surface area contributed by atoms with Crippen LogP contribution in [0, 0.1) is 0 Å². The van der Waals surface area contributed by atoms with Crippen LogP contribution in [0.1, 0.15) is 0 Å². The van der Waals surface area contributed by atoms with Crippen molar-refractivity contribution in [2.75, 3.05) is 0 Å². The van der Waals surface area contributed by atoms with Crippen LogP contribution in [0.4, 0.5) is 0 Å². The van der Waals surface area contributed by atoms with Crippen molar-refractivity contribution in [1.29, 1.82) is 0 Å². The second-order valence-electron chi connectivity index (χ2n) is 0.318. The van der Waals surface area contributed by atoms with Gasteiger partial charge >= 0.3 is 0 Å². The Kier molecular flexibility index (Phi) is 3.49. The molecule has 0 aliphatic heterocycles. The summed E-state index contributed by atoms with van der Waals surface area (Å²) in [6, 6.07) is 0. The highest BCUT2D eigenvalue weighted by Crippen LogP contribution is 1.74. The van der Waals surface area contributed by atoms with Crippen LogP contribution in [0.25, 0.3) is 0 Å². The molecule has 0 atom stereocenters. The van der Waals surface area contributed by atoms with Gasteiger partial charge in [-0.05, 0) is 10.3 Å². The van der Waals surface area contributed by atoms with E-state index < -0.39 is 0 Å². The van der Waals surface area contributed by atoms with Crippen molar-refractivity contribution in [3.63, 3.8) is 0 Å². The molecule has 0 aliphatic carbocycles. The minimum atomic E-state index is 1.49. The summed E-state index contributed by atoms with van der Waals surface area (Å²) in [5.74, 6) is 0. The van der Waals surface area contributed by atoms with Gasteiger partial charge in [-0.3, -0.25) is 0 Å². The van der Waals surface area contributed by atoms with E-state index in [2.05, 4.69) is 0 Å². The summed E-state index contributed by atoms with van der Waals surface area (Å²) >= 11 is 2.05. The number of hydrogen-bond donors (Lipinski definition) is 1. The van der Waals surface area contributed by atoms with Crippen LogP contribution in [0.15, 0.2) is 10.3 Å². The molecule has 0 heterocycles. The molecule has 1 nitrogen and oxygen atoms in total. The Hall–Kier alpha value is 0.270. The molecular weight excluding hydrogens is 165 g/mol. The van der Waals surface area contributed by atoms with E-state index >= 15 is 0 Å². The first-order valence-electron chi connectivity index (χ1n) is 0.885. The van der Waals surface area contributed by atoms with Gasteiger partial charge in [-0.15, -0.1) is 0 Å². The summed E-state index contributed by atoms with van der Waals surface area (Å²) < 4.78 is 1.75. The van der Waals surface area contributed by atoms with Gasteiger partial charge in [0.1, 0.15) is 0 Å². The summed E-state index contributed by atoms with van der Waals surface area (Å²) in [5, 5.41) is 0. The van der Waals surface area contributed by atoms with E-state index in [1.54, 1.807) is 4.08 Å². The number of halogens is 1. The molecule has 2 heteroatoms. The van der Waals surface area contributed by atoms with Gasteiger partial charge in [-0.25, -0.2) is 0 Å². The molecule has 0 rings (SSSR count). The van der Waals surface area contributed by atoms with E-state index in [0.717, 1.165) is 0 Å². The molecule has 24 valence electrons. The van der Waals surface area contributed by atoms with Gasteiger partial charge in [0.25, 0.3) is 0 Å². The van der Waals surface area contributed by atoms with Crippen LogP contribution in [0.5, 0.6) is 0 Å². The second kappa shape index (κ2) is 3.27. The molecule has 0 saturated carbocycles. The van der Waals surface area contributed by atoms with Crippen molar-refractivity contribution in [3.05, 3.63) is 10.3 Å². The fourth-order valence-electron chi connectivity index (χ4n) is 0. The quantitative estimate of drug-likeness (QED) is 0.534. The van der Waals surface area contributed by atoms with Gasteiger partial charge in [0.05, 0.1) is 0 Å². The minimum absolute atomic E-state index is 1.49. The van der Waals surface area contributed by atoms with Gasteiger partial charge in [0.15, 0.2) is 0 Å². The molecule has 0 fully saturated rings. The Morgan fingerprint density at radius 1 is 1.75 bits per heavy atom. The van der Waals surface area contributed by atoms with Crippen molar-refractivity contribution in [2.45, 2.75) is 0 Å². The molecule has 0 radical (unpaired) electrons. The summed E-state index contributed by atoms with van der Waals surface area (Å²) in [5.41, 5.74) is 4.84. The maximum Gasteiger partial charge on any atom is -0.0000682 e. The van der Waals surface area contributed by atoms with E-state index in [1.807, 2.05) is 22.6 Å². The molecular formula is C2H4IN. The summed E-state index contributed by atoms with van der Waals surface area (Å²) in [6.45, 7) is 0. The predicted molar refractivity (Wildman–Crippen MR) is 27.3 cm³/mol. The van der Waals surface area contributed by atoms with Gasteiger partial charge in [0, 0.05) is 0 Å². The third-order valence-corrected chi connectivity index (χ3v) is 0.488. The number of nitrogens with two attached hydrogens (primary N) is 1. The molecule has 0 aromatic heterocycles. The first kappa shape index (κ1) is 4.27. The molecule has 0 aliphatic rings. The molecule has 0 aromatic rings. The largest absolute Gasteiger partial charge is 0.404 e. The summed E-state index contributed by atoms with van der Waals surface area (Å²) in [7, 11) is 0. The minimum Gasteiger partial charge on any atom is -0.404 e. The Bertz CT molecular complexity index is 21.2. The van der Waals surface area contributed by atoms with E-state index in [0.29, 0.717) is 0 Å². The van der Waals surface area contributed by atoms with Crippen LogP contribution in [0.2, 0.25) is 0 Å². The summed E-state index contributed by atoms with van der Waals surface area (Å²) in [4.78, 5) is 0. The SMILES string of the molecule is N/C=C/I. The maximum atomic E-state index is 4.84. The Morgan fingerprint density at radius 2 is 2.00 bits per heavy atom. The fourth-order valence-corrected chi connectivity index (χ4v) is 0. The zero-order chi connectivity index (χ0) is 3.41. The van der Waals surface area contributed by atoms with Crippen molar-refractivity contribution >= 4 is 22.6 Å². The van der Waals surface area contributed by atoms with Crippen LogP contribution < -0.4 is 5.73 Å². The predicted octanol–water partition coefficient (Wildman–Crippen LogP) is 0.851. The lowest BCUT2D eigenvalue weighted by Gasteiger charge is -1.51. The normalized spacial score (nSPS) is 9.25. The average molecular weight is 169 g/mol. The van der Waals surface area contributed by atoms with E-state index in [4.69, 9.17) is 5.73 Å². The molecule has 4 heavy (non-hydrogen) atoms. The van der Waals surface area contributed by atoms with Gasteiger partial charge in [-0.2, -0.15) is 0 Å². The standard InChI is InChI=1S/C2H4IN/c3-1-2-4/h1-2H,4H2/b2-1+. The third kappa shape index (κ3) is 2.27.